The molecular formula is C25H29N3O5. The minimum atomic E-state index is -0.520. The minimum Gasteiger partial charge on any atom is -0.457 e. The Morgan fingerprint density at radius 1 is 0.939 bits per heavy atom. The van der Waals surface area contributed by atoms with E-state index in [1.807, 2.05) is 23.1 Å². The Hall–Kier alpha value is -3.42. The van der Waals surface area contributed by atoms with Gasteiger partial charge in [0.2, 0.25) is 5.91 Å². The number of amides is 2. The predicted octanol–water partition coefficient (Wildman–Crippen LogP) is 4.50. The Bertz CT molecular complexity index is 1010. The van der Waals surface area contributed by atoms with Crippen molar-refractivity contribution in [2.24, 2.45) is 11.8 Å². The summed E-state index contributed by atoms with van der Waals surface area (Å²) in [5.74, 6) is 1.28. The van der Waals surface area contributed by atoms with E-state index in [-0.39, 0.29) is 34.7 Å². The van der Waals surface area contributed by atoms with Crippen molar-refractivity contribution in [3.05, 3.63) is 64.2 Å². The molecule has 4 rings (SSSR count). The van der Waals surface area contributed by atoms with Crippen LogP contribution in [0, 0.1) is 22.0 Å². The van der Waals surface area contributed by atoms with Gasteiger partial charge in [-0.25, -0.2) is 0 Å². The molecule has 0 atom stereocenters. The first kappa shape index (κ1) is 22.8. The largest absolute Gasteiger partial charge is 0.457 e. The maximum absolute atomic E-state index is 13.3. The Labute approximate surface area is 193 Å². The molecule has 2 saturated heterocycles. The van der Waals surface area contributed by atoms with Gasteiger partial charge in [0.05, 0.1) is 10.5 Å². The second-order valence-corrected chi connectivity index (χ2v) is 8.93. The molecule has 0 unspecified atom stereocenters. The molecule has 2 aromatic rings. The quantitative estimate of drug-likeness (QED) is 0.493. The van der Waals surface area contributed by atoms with Gasteiger partial charge in [-0.05, 0) is 49.8 Å². The fourth-order valence-electron chi connectivity index (χ4n) is 4.49. The molecule has 0 bridgehead atoms. The van der Waals surface area contributed by atoms with Crippen LogP contribution in [0.15, 0.2) is 48.5 Å². The van der Waals surface area contributed by atoms with Crippen molar-refractivity contribution in [3.63, 3.8) is 0 Å². The number of rotatable bonds is 5. The molecule has 2 aliphatic rings. The third kappa shape index (κ3) is 5.32. The number of carbonyl (C=O) groups excluding carboxylic acids is 2. The number of non-ortho nitro benzene ring substituents is 1. The molecule has 2 heterocycles. The van der Waals surface area contributed by atoms with Crippen LogP contribution in [0.4, 0.5) is 5.69 Å². The van der Waals surface area contributed by atoms with Crippen molar-refractivity contribution in [2.75, 3.05) is 26.2 Å². The lowest BCUT2D eigenvalue weighted by Crippen LogP contribution is -2.46. The van der Waals surface area contributed by atoms with Gasteiger partial charge >= 0.3 is 0 Å². The van der Waals surface area contributed by atoms with Crippen LogP contribution in [0.25, 0.3) is 0 Å². The molecule has 2 fully saturated rings. The zero-order valence-electron chi connectivity index (χ0n) is 18.8. The predicted molar refractivity (Wildman–Crippen MR) is 123 cm³/mol. The monoisotopic (exact) mass is 451 g/mol. The highest BCUT2D eigenvalue weighted by Gasteiger charge is 2.33. The summed E-state index contributed by atoms with van der Waals surface area (Å²) in [7, 11) is 0. The Morgan fingerprint density at radius 2 is 1.58 bits per heavy atom. The lowest BCUT2D eigenvalue weighted by atomic mass is 9.92. The van der Waals surface area contributed by atoms with Gasteiger partial charge in [0, 0.05) is 44.2 Å². The molecule has 0 aliphatic carbocycles. The molecule has 8 heteroatoms. The number of para-hydroxylation sites is 1. The summed E-state index contributed by atoms with van der Waals surface area (Å²) < 4.78 is 5.87. The van der Waals surface area contributed by atoms with Crippen molar-refractivity contribution in [3.8, 4) is 11.5 Å². The van der Waals surface area contributed by atoms with E-state index in [0.717, 1.165) is 25.9 Å². The number of hydrogen-bond donors (Lipinski definition) is 0. The number of nitro groups is 1. The van der Waals surface area contributed by atoms with Crippen LogP contribution in [0.2, 0.25) is 0 Å². The highest BCUT2D eigenvalue weighted by molar-refractivity contribution is 5.98. The fourth-order valence-corrected chi connectivity index (χ4v) is 4.49. The highest BCUT2D eigenvalue weighted by atomic mass is 16.6. The molecular weight excluding hydrogens is 422 g/mol. The van der Waals surface area contributed by atoms with Gasteiger partial charge in [0.1, 0.15) is 11.5 Å². The van der Waals surface area contributed by atoms with E-state index in [9.17, 15) is 19.7 Å². The maximum atomic E-state index is 13.3. The molecule has 2 aliphatic heterocycles. The molecule has 2 amide bonds. The second kappa shape index (κ2) is 10.0. The zero-order chi connectivity index (χ0) is 23.4. The van der Waals surface area contributed by atoms with E-state index in [2.05, 4.69) is 6.92 Å². The third-order valence-corrected chi connectivity index (χ3v) is 6.60. The molecule has 33 heavy (non-hydrogen) atoms. The number of benzene rings is 2. The number of nitro benzene ring substituents is 1. The van der Waals surface area contributed by atoms with Crippen LogP contribution in [-0.2, 0) is 4.79 Å². The molecule has 0 radical (unpaired) electrons. The first-order valence-corrected chi connectivity index (χ1v) is 11.5. The summed E-state index contributed by atoms with van der Waals surface area (Å²) >= 11 is 0. The molecule has 8 nitrogen and oxygen atoms in total. The van der Waals surface area contributed by atoms with Crippen LogP contribution < -0.4 is 4.74 Å². The van der Waals surface area contributed by atoms with E-state index in [0.29, 0.717) is 37.6 Å². The normalized spacial score (nSPS) is 17.6. The zero-order valence-corrected chi connectivity index (χ0v) is 18.8. The molecule has 174 valence electrons. The van der Waals surface area contributed by atoms with Crippen LogP contribution in [-0.4, -0.2) is 52.7 Å². The molecule has 0 N–H and O–H groups in total. The van der Waals surface area contributed by atoms with E-state index < -0.39 is 4.92 Å². The first-order valence-electron chi connectivity index (χ1n) is 11.5. The standard InChI is InChI=1S/C25H29N3O5/c1-18-9-13-26(14-10-18)24(29)19-11-15-27(16-12-19)25(30)22-17-20(28(31)32)7-8-23(22)33-21-5-3-2-4-6-21/h2-8,17-19H,9-16H2,1H3. The van der Waals surface area contributed by atoms with Gasteiger partial charge in [-0.1, -0.05) is 25.1 Å². The van der Waals surface area contributed by atoms with Crippen LogP contribution >= 0.6 is 0 Å². The van der Waals surface area contributed by atoms with Crippen LogP contribution in [0.1, 0.15) is 43.0 Å². The van der Waals surface area contributed by atoms with Crippen LogP contribution in [0.3, 0.4) is 0 Å². The molecule has 0 saturated carbocycles. The van der Waals surface area contributed by atoms with Gasteiger partial charge in [-0.15, -0.1) is 0 Å². The highest BCUT2D eigenvalue weighted by Crippen LogP contribution is 2.31. The molecule has 0 aromatic heterocycles. The average Bonchev–Trinajstić information content (AvgIpc) is 2.84. The fraction of sp³-hybridized carbons (Fsp3) is 0.440. The number of hydrogen-bond acceptors (Lipinski definition) is 5. The lowest BCUT2D eigenvalue weighted by molar-refractivity contribution is -0.384. The molecule has 2 aromatic carbocycles. The van der Waals surface area contributed by atoms with Crippen LogP contribution in [0.5, 0.6) is 11.5 Å². The van der Waals surface area contributed by atoms with E-state index in [1.165, 1.54) is 18.2 Å². The van der Waals surface area contributed by atoms with Crippen molar-refractivity contribution in [1.82, 2.24) is 9.80 Å². The van der Waals surface area contributed by atoms with E-state index in [1.54, 1.807) is 17.0 Å². The Kier molecular flexibility index (Phi) is 6.91. The minimum absolute atomic E-state index is 0.0763. The van der Waals surface area contributed by atoms with Crippen molar-refractivity contribution >= 4 is 17.5 Å². The average molecular weight is 452 g/mol. The van der Waals surface area contributed by atoms with E-state index in [4.69, 9.17) is 4.74 Å². The third-order valence-electron chi connectivity index (χ3n) is 6.60. The van der Waals surface area contributed by atoms with Gasteiger partial charge in [-0.3, -0.25) is 19.7 Å². The van der Waals surface area contributed by atoms with Crippen molar-refractivity contribution in [2.45, 2.75) is 32.6 Å². The number of piperidine rings is 2. The molecule has 0 spiro atoms. The SMILES string of the molecule is CC1CCN(C(=O)C2CCN(C(=O)c3cc([N+](=O)[O-])ccc3Oc3ccccc3)CC2)CC1. The van der Waals surface area contributed by atoms with Gasteiger partial charge in [0.25, 0.3) is 11.6 Å². The summed E-state index contributed by atoms with van der Waals surface area (Å²) in [5.41, 5.74) is -0.00833. The summed E-state index contributed by atoms with van der Waals surface area (Å²) in [6.45, 7) is 4.72. The van der Waals surface area contributed by atoms with Crippen molar-refractivity contribution in [1.29, 1.82) is 0 Å². The summed E-state index contributed by atoms with van der Waals surface area (Å²) in [6.07, 6.45) is 3.28. The van der Waals surface area contributed by atoms with E-state index >= 15 is 0 Å². The topological polar surface area (TPSA) is 93.0 Å². The summed E-state index contributed by atoms with van der Waals surface area (Å²) in [4.78, 5) is 40.7. The van der Waals surface area contributed by atoms with Gasteiger partial charge in [-0.2, -0.15) is 0 Å². The Morgan fingerprint density at radius 3 is 2.21 bits per heavy atom. The second-order valence-electron chi connectivity index (χ2n) is 8.93. The maximum Gasteiger partial charge on any atom is 0.270 e. The van der Waals surface area contributed by atoms with Crippen molar-refractivity contribution < 1.29 is 19.2 Å². The lowest BCUT2D eigenvalue weighted by Gasteiger charge is -2.36. The summed E-state index contributed by atoms with van der Waals surface area (Å²) in [6, 6.07) is 13.1. The number of likely N-dealkylation sites (tertiary alicyclic amines) is 2. The number of carbonyl (C=O) groups is 2. The first-order chi connectivity index (χ1) is 15.9. The number of ether oxygens (including phenoxy) is 1. The smallest absolute Gasteiger partial charge is 0.270 e. The number of nitrogens with zero attached hydrogens (tertiary/aromatic N) is 3. The van der Waals surface area contributed by atoms with Gasteiger partial charge in [0.15, 0.2) is 0 Å². The summed E-state index contributed by atoms with van der Waals surface area (Å²) in [5, 5.41) is 11.3. The van der Waals surface area contributed by atoms with Gasteiger partial charge < -0.3 is 14.5 Å². The Balaban J connectivity index is 1.46.